The van der Waals surface area contributed by atoms with Crippen molar-refractivity contribution < 1.29 is 27.0 Å². The monoisotopic (exact) mass is 328 g/mol. The number of hydrogen-bond donors (Lipinski definition) is 1. The van der Waals surface area contributed by atoms with Gasteiger partial charge in [0, 0.05) is 19.0 Å². The van der Waals surface area contributed by atoms with Crippen molar-refractivity contribution in [1.29, 1.82) is 0 Å². The molecule has 2 rings (SSSR count). The molecule has 0 spiro atoms. The zero-order valence-electron chi connectivity index (χ0n) is 11.3. The summed E-state index contributed by atoms with van der Waals surface area (Å²) in [4.78, 5) is 4.27. The third-order valence-corrected chi connectivity index (χ3v) is 4.03. The van der Waals surface area contributed by atoms with Gasteiger partial charge in [0.25, 0.3) is 0 Å². The fourth-order valence-electron chi connectivity index (χ4n) is 2.00. The van der Waals surface area contributed by atoms with Crippen LogP contribution in [0.5, 0.6) is 0 Å². The quantitative estimate of drug-likeness (QED) is 0.782. The first kappa shape index (κ1) is 16.6. The molecule has 0 amide bonds. The van der Waals surface area contributed by atoms with Gasteiger partial charge in [-0.05, 0) is 6.42 Å². The van der Waals surface area contributed by atoms with Gasteiger partial charge in [0.1, 0.15) is 11.6 Å². The number of alkyl halides is 4. The van der Waals surface area contributed by atoms with Gasteiger partial charge in [-0.15, -0.1) is 11.3 Å². The molecule has 1 aromatic rings. The second kappa shape index (κ2) is 6.99. The van der Waals surface area contributed by atoms with Crippen LogP contribution in [0.4, 0.5) is 17.6 Å². The maximum absolute atomic E-state index is 12.7. The first-order valence-electron chi connectivity index (χ1n) is 6.36. The average molecular weight is 328 g/mol. The number of aromatic nitrogens is 1. The Morgan fingerprint density at radius 1 is 1.52 bits per heavy atom. The maximum Gasteiger partial charge on any atom is 0.330 e. The van der Waals surface area contributed by atoms with Crippen molar-refractivity contribution in [3.8, 4) is 0 Å². The van der Waals surface area contributed by atoms with Crippen molar-refractivity contribution in [3.05, 3.63) is 16.1 Å². The molecule has 0 bridgehead atoms. The summed E-state index contributed by atoms with van der Waals surface area (Å²) in [5, 5.41) is 5.53. The summed E-state index contributed by atoms with van der Waals surface area (Å²) in [6, 6.07) is 0.0578. The first-order valence-corrected chi connectivity index (χ1v) is 7.24. The van der Waals surface area contributed by atoms with Crippen molar-refractivity contribution in [1.82, 2.24) is 10.3 Å². The number of rotatable bonds is 7. The van der Waals surface area contributed by atoms with E-state index in [1.54, 1.807) is 12.5 Å². The Hall–Kier alpha value is -0.770. The standard InChI is InChI=1S/C12H16F4N2O2S/c1-19-7-2-8(17-3-7)9-5-21-10(18-9)4-20-6-12(15,16)11(13)14/h5,7-8,11,17H,2-4,6H2,1H3. The van der Waals surface area contributed by atoms with Crippen LogP contribution >= 0.6 is 11.3 Å². The van der Waals surface area contributed by atoms with E-state index in [0.717, 1.165) is 18.7 Å². The van der Waals surface area contributed by atoms with Gasteiger partial charge >= 0.3 is 12.3 Å². The van der Waals surface area contributed by atoms with E-state index in [9.17, 15) is 17.6 Å². The van der Waals surface area contributed by atoms with Crippen LogP contribution in [0.3, 0.4) is 0 Å². The Morgan fingerprint density at radius 2 is 2.29 bits per heavy atom. The van der Waals surface area contributed by atoms with Crippen LogP contribution in [0.1, 0.15) is 23.2 Å². The van der Waals surface area contributed by atoms with E-state index in [-0.39, 0.29) is 18.8 Å². The highest BCUT2D eigenvalue weighted by atomic mass is 32.1. The van der Waals surface area contributed by atoms with Crippen molar-refractivity contribution >= 4 is 11.3 Å². The van der Waals surface area contributed by atoms with E-state index in [4.69, 9.17) is 4.74 Å². The van der Waals surface area contributed by atoms with Crippen LogP contribution in [-0.4, -0.2) is 43.7 Å². The molecular weight excluding hydrogens is 312 g/mol. The smallest absolute Gasteiger partial charge is 0.330 e. The highest BCUT2D eigenvalue weighted by molar-refractivity contribution is 7.09. The number of methoxy groups -OCH3 is 1. The number of halogens is 4. The molecule has 0 aliphatic carbocycles. The van der Waals surface area contributed by atoms with Crippen molar-refractivity contribution in [2.75, 3.05) is 20.3 Å². The summed E-state index contributed by atoms with van der Waals surface area (Å²) in [7, 11) is 1.64. The van der Waals surface area contributed by atoms with Gasteiger partial charge in [0.2, 0.25) is 0 Å². The molecule has 21 heavy (non-hydrogen) atoms. The lowest BCUT2D eigenvalue weighted by Crippen LogP contribution is -2.32. The number of hydrogen-bond acceptors (Lipinski definition) is 5. The molecule has 1 N–H and O–H groups in total. The van der Waals surface area contributed by atoms with Gasteiger partial charge in [-0.2, -0.15) is 8.78 Å². The van der Waals surface area contributed by atoms with Gasteiger partial charge in [-0.1, -0.05) is 0 Å². The number of ether oxygens (including phenoxy) is 2. The van der Waals surface area contributed by atoms with Crippen LogP contribution in [0.15, 0.2) is 5.38 Å². The van der Waals surface area contributed by atoms with Crippen LogP contribution < -0.4 is 5.32 Å². The minimum atomic E-state index is -4.13. The van der Waals surface area contributed by atoms with E-state index in [1.165, 1.54) is 11.3 Å². The predicted octanol–water partition coefficient (Wildman–Crippen LogP) is 2.61. The zero-order valence-corrected chi connectivity index (χ0v) is 12.1. The first-order chi connectivity index (χ1) is 9.92. The minimum Gasteiger partial charge on any atom is -0.380 e. The molecule has 4 nitrogen and oxygen atoms in total. The molecule has 120 valence electrons. The van der Waals surface area contributed by atoms with Gasteiger partial charge < -0.3 is 14.8 Å². The molecule has 2 heterocycles. The Morgan fingerprint density at radius 3 is 2.90 bits per heavy atom. The van der Waals surface area contributed by atoms with E-state index >= 15 is 0 Å². The Balaban J connectivity index is 1.81. The topological polar surface area (TPSA) is 43.4 Å². The Bertz CT molecular complexity index is 458. The van der Waals surface area contributed by atoms with Crippen LogP contribution in [0.25, 0.3) is 0 Å². The third-order valence-electron chi connectivity index (χ3n) is 3.19. The maximum atomic E-state index is 12.7. The molecule has 1 aliphatic rings. The lowest BCUT2D eigenvalue weighted by Gasteiger charge is -2.14. The summed E-state index contributed by atoms with van der Waals surface area (Å²) in [5.74, 6) is -4.13. The molecule has 9 heteroatoms. The summed E-state index contributed by atoms with van der Waals surface area (Å²) in [6.07, 6.45) is -2.82. The second-order valence-corrected chi connectivity index (χ2v) is 5.72. The number of nitrogens with one attached hydrogen (secondary N) is 1. The SMILES string of the molecule is COC1CNC(c2csc(COCC(F)(F)C(F)F)n2)C1. The lowest BCUT2D eigenvalue weighted by molar-refractivity contribution is -0.168. The van der Waals surface area contributed by atoms with Crippen LogP contribution in [-0.2, 0) is 16.1 Å². The van der Waals surface area contributed by atoms with Gasteiger partial charge in [-0.3, -0.25) is 0 Å². The molecular formula is C12H16F4N2O2S. The number of nitrogens with zero attached hydrogens (tertiary/aromatic N) is 1. The summed E-state index contributed by atoms with van der Waals surface area (Å²) >= 11 is 1.25. The van der Waals surface area contributed by atoms with E-state index in [0.29, 0.717) is 5.01 Å². The molecule has 1 fully saturated rings. The average Bonchev–Trinajstić information content (AvgIpc) is 3.06. The predicted molar refractivity (Wildman–Crippen MR) is 68.9 cm³/mol. The fraction of sp³-hybridized carbons (Fsp3) is 0.750. The van der Waals surface area contributed by atoms with Crippen molar-refractivity contribution in [3.63, 3.8) is 0 Å². The highest BCUT2D eigenvalue weighted by Crippen LogP contribution is 2.27. The molecule has 1 aromatic heterocycles. The summed E-state index contributed by atoms with van der Waals surface area (Å²) in [6.45, 7) is -0.786. The van der Waals surface area contributed by atoms with Gasteiger partial charge in [-0.25, -0.2) is 13.8 Å². The summed E-state index contributed by atoms with van der Waals surface area (Å²) < 4.78 is 59.1. The third kappa shape index (κ3) is 4.35. The van der Waals surface area contributed by atoms with Crippen LogP contribution in [0, 0.1) is 0 Å². The highest BCUT2D eigenvalue weighted by Gasteiger charge is 2.41. The molecule has 2 atom stereocenters. The largest absolute Gasteiger partial charge is 0.380 e. The molecule has 0 saturated carbocycles. The fourth-order valence-corrected chi connectivity index (χ4v) is 2.78. The molecule has 0 radical (unpaired) electrons. The van der Waals surface area contributed by atoms with Gasteiger partial charge in [0.15, 0.2) is 0 Å². The van der Waals surface area contributed by atoms with Crippen molar-refractivity contribution in [2.45, 2.75) is 37.5 Å². The molecule has 2 unspecified atom stereocenters. The number of thiazole rings is 1. The molecule has 1 aliphatic heterocycles. The van der Waals surface area contributed by atoms with E-state index in [1.807, 2.05) is 0 Å². The molecule has 1 saturated heterocycles. The summed E-state index contributed by atoms with van der Waals surface area (Å²) in [5.41, 5.74) is 0.791. The van der Waals surface area contributed by atoms with Crippen LogP contribution in [0.2, 0.25) is 0 Å². The normalized spacial score (nSPS) is 23.1. The van der Waals surface area contributed by atoms with Crippen molar-refractivity contribution in [2.24, 2.45) is 0 Å². The Kier molecular flexibility index (Phi) is 5.53. The second-order valence-electron chi connectivity index (χ2n) is 4.77. The van der Waals surface area contributed by atoms with E-state index < -0.39 is 19.0 Å². The molecule has 0 aromatic carbocycles. The van der Waals surface area contributed by atoms with E-state index in [2.05, 4.69) is 15.0 Å². The zero-order chi connectivity index (χ0) is 15.5. The Labute approximate surface area is 123 Å². The minimum absolute atomic E-state index is 0.0578. The van der Waals surface area contributed by atoms with Gasteiger partial charge in [0.05, 0.1) is 24.4 Å². The lowest BCUT2D eigenvalue weighted by atomic mass is 10.1.